The maximum atomic E-state index is 6.07. The van der Waals surface area contributed by atoms with E-state index in [1.54, 1.807) is 0 Å². The molecule has 0 unspecified atom stereocenters. The van der Waals surface area contributed by atoms with Crippen LogP contribution in [-0.4, -0.2) is 19.4 Å². The van der Waals surface area contributed by atoms with Crippen molar-refractivity contribution in [1.82, 2.24) is 19.4 Å². The monoisotopic (exact) mass is 337 g/mol. The quantitative estimate of drug-likeness (QED) is 0.583. The van der Waals surface area contributed by atoms with E-state index in [0.29, 0.717) is 6.54 Å². The average molecular weight is 338 g/mol. The smallest absolute Gasteiger partial charge is 0.140 e. The highest BCUT2D eigenvalue weighted by molar-refractivity contribution is 6.30. The SMILES string of the molecule is Cc1nc(-c2nc3ccccn3c2NCc2cccc(Cl)c2)c[nH]1. The van der Waals surface area contributed by atoms with E-state index >= 15 is 0 Å². The van der Waals surface area contributed by atoms with Crippen molar-refractivity contribution in [1.29, 1.82) is 0 Å². The predicted molar refractivity (Wildman–Crippen MR) is 96.3 cm³/mol. The molecule has 0 aliphatic carbocycles. The summed E-state index contributed by atoms with van der Waals surface area (Å²) in [6, 6.07) is 13.8. The second kappa shape index (κ2) is 6.02. The lowest BCUT2D eigenvalue weighted by Crippen LogP contribution is -2.03. The number of imidazole rings is 2. The molecule has 0 saturated heterocycles. The van der Waals surface area contributed by atoms with E-state index in [-0.39, 0.29) is 0 Å². The van der Waals surface area contributed by atoms with Crippen molar-refractivity contribution in [2.24, 2.45) is 0 Å². The van der Waals surface area contributed by atoms with Crippen LogP contribution in [0, 0.1) is 6.92 Å². The third-order valence-electron chi connectivity index (χ3n) is 3.83. The summed E-state index contributed by atoms with van der Waals surface area (Å²) in [4.78, 5) is 12.3. The number of benzene rings is 1. The van der Waals surface area contributed by atoms with Gasteiger partial charge in [0.05, 0.1) is 0 Å². The molecular formula is C18H16ClN5. The third kappa shape index (κ3) is 2.74. The number of hydrogen-bond donors (Lipinski definition) is 2. The molecule has 4 rings (SSSR count). The highest BCUT2D eigenvalue weighted by Gasteiger charge is 2.15. The molecule has 6 heteroatoms. The molecule has 0 bridgehead atoms. The van der Waals surface area contributed by atoms with Gasteiger partial charge in [-0.2, -0.15) is 0 Å². The molecule has 3 heterocycles. The Morgan fingerprint density at radius 1 is 1.17 bits per heavy atom. The Kier molecular flexibility index (Phi) is 3.70. The summed E-state index contributed by atoms with van der Waals surface area (Å²) in [5.74, 6) is 1.78. The minimum Gasteiger partial charge on any atom is -0.365 e. The first-order chi connectivity index (χ1) is 11.7. The number of hydrogen-bond acceptors (Lipinski definition) is 3. The summed E-state index contributed by atoms with van der Waals surface area (Å²) in [6.07, 6.45) is 3.87. The van der Waals surface area contributed by atoms with E-state index in [4.69, 9.17) is 16.6 Å². The molecule has 0 atom stereocenters. The molecule has 0 fully saturated rings. The number of rotatable bonds is 4. The Morgan fingerprint density at radius 3 is 2.88 bits per heavy atom. The minimum absolute atomic E-state index is 0.652. The number of pyridine rings is 1. The number of aryl methyl sites for hydroxylation is 1. The molecule has 4 aromatic rings. The van der Waals surface area contributed by atoms with Crippen molar-refractivity contribution in [3.8, 4) is 11.4 Å². The topological polar surface area (TPSA) is 58.0 Å². The average Bonchev–Trinajstić information content (AvgIpc) is 3.16. The standard InChI is InChI=1S/C18H16ClN5/c1-12-20-11-15(22-12)17-18(24-8-3-2-7-16(24)23-17)21-10-13-5-4-6-14(19)9-13/h2-9,11,21H,10H2,1H3,(H,20,22). The summed E-state index contributed by atoms with van der Waals surface area (Å²) in [6.45, 7) is 2.58. The molecule has 0 aliphatic heterocycles. The first-order valence-corrected chi connectivity index (χ1v) is 8.06. The number of anilines is 1. The molecule has 0 saturated carbocycles. The summed E-state index contributed by atoms with van der Waals surface area (Å²) in [5, 5.41) is 4.21. The fraction of sp³-hybridized carbons (Fsp3) is 0.111. The van der Waals surface area contributed by atoms with Crippen molar-refractivity contribution in [2.45, 2.75) is 13.5 Å². The number of nitrogens with zero attached hydrogens (tertiary/aromatic N) is 3. The van der Waals surface area contributed by atoms with Crippen molar-refractivity contribution in [3.63, 3.8) is 0 Å². The number of H-pyrrole nitrogens is 1. The van der Waals surface area contributed by atoms with Crippen LogP contribution in [0.4, 0.5) is 5.82 Å². The number of aromatic nitrogens is 4. The van der Waals surface area contributed by atoms with Crippen LogP contribution in [-0.2, 0) is 6.54 Å². The molecule has 2 N–H and O–H groups in total. The molecule has 24 heavy (non-hydrogen) atoms. The molecule has 3 aromatic heterocycles. The molecule has 0 aliphatic rings. The Balaban J connectivity index is 1.75. The van der Waals surface area contributed by atoms with Gasteiger partial charge in [-0.3, -0.25) is 4.40 Å². The second-order valence-electron chi connectivity index (χ2n) is 5.59. The van der Waals surface area contributed by atoms with Gasteiger partial charge in [-0.1, -0.05) is 29.8 Å². The fourth-order valence-electron chi connectivity index (χ4n) is 2.72. The van der Waals surface area contributed by atoms with E-state index in [1.807, 2.05) is 66.2 Å². The van der Waals surface area contributed by atoms with E-state index in [1.165, 1.54) is 0 Å². The Labute approximate surface area is 144 Å². The zero-order valence-corrected chi connectivity index (χ0v) is 13.9. The second-order valence-corrected chi connectivity index (χ2v) is 6.03. The Bertz CT molecular complexity index is 1000. The van der Waals surface area contributed by atoms with E-state index < -0.39 is 0 Å². The van der Waals surface area contributed by atoms with Crippen LogP contribution in [0.3, 0.4) is 0 Å². The van der Waals surface area contributed by atoms with Gasteiger partial charge in [0.2, 0.25) is 0 Å². The van der Waals surface area contributed by atoms with Gasteiger partial charge < -0.3 is 10.3 Å². The maximum absolute atomic E-state index is 6.07. The van der Waals surface area contributed by atoms with Gasteiger partial charge in [0.1, 0.15) is 28.7 Å². The normalized spacial score (nSPS) is 11.1. The van der Waals surface area contributed by atoms with Gasteiger partial charge >= 0.3 is 0 Å². The van der Waals surface area contributed by atoms with Crippen LogP contribution in [0.15, 0.2) is 54.9 Å². The molecular weight excluding hydrogens is 322 g/mol. The molecule has 0 radical (unpaired) electrons. The number of fused-ring (bicyclic) bond motifs is 1. The largest absolute Gasteiger partial charge is 0.365 e. The van der Waals surface area contributed by atoms with E-state index in [2.05, 4.69) is 15.3 Å². The molecule has 0 spiro atoms. The molecule has 0 amide bonds. The minimum atomic E-state index is 0.652. The highest BCUT2D eigenvalue weighted by Crippen LogP contribution is 2.28. The van der Waals surface area contributed by atoms with Crippen LogP contribution in [0.1, 0.15) is 11.4 Å². The summed E-state index contributed by atoms with van der Waals surface area (Å²) >= 11 is 6.07. The van der Waals surface area contributed by atoms with Crippen LogP contribution in [0.5, 0.6) is 0 Å². The summed E-state index contributed by atoms with van der Waals surface area (Å²) in [5.41, 5.74) is 3.64. The first-order valence-electron chi connectivity index (χ1n) is 7.68. The van der Waals surface area contributed by atoms with Gasteiger partial charge in [0.15, 0.2) is 0 Å². The number of aromatic amines is 1. The lowest BCUT2D eigenvalue weighted by atomic mass is 10.2. The molecule has 120 valence electrons. The van der Waals surface area contributed by atoms with Gasteiger partial charge in [-0.15, -0.1) is 0 Å². The van der Waals surface area contributed by atoms with Gasteiger partial charge in [0.25, 0.3) is 0 Å². The van der Waals surface area contributed by atoms with Crippen molar-refractivity contribution >= 4 is 23.1 Å². The molecule has 5 nitrogen and oxygen atoms in total. The van der Waals surface area contributed by atoms with Crippen LogP contribution in [0.25, 0.3) is 17.0 Å². The van der Waals surface area contributed by atoms with Crippen LogP contribution >= 0.6 is 11.6 Å². The summed E-state index contributed by atoms with van der Waals surface area (Å²) in [7, 11) is 0. The lowest BCUT2D eigenvalue weighted by Gasteiger charge is -2.08. The third-order valence-corrected chi connectivity index (χ3v) is 4.06. The van der Waals surface area contributed by atoms with Crippen molar-refractivity contribution in [3.05, 3.63) is 71.3 Å². The van der Waals surface area contributed by atoms with Crippen molar-refractivity contribution < 1.29 is 0 Å². The van der Waals surface area contributed by atoms with E-state index in [0.717, 1.165) is 39.3 Å². The Morgan fingerprint density at radius 2 is 2.08 bits per heavy atom. The number of halogens is 1. The van der Waals surface area contributed by atoms with Crippen LogP contribution in [0.2, 0.25) is 5.02 Å². The first kappa shape index (κ1) is 14.8. The predicted octanol–water partition coefficient (Wildman–Crippen LogP) is 4.30. The lowest BCUT2D eigenvalue weighted by molar-refractivity contribution is 1.08. The van der Waals surface area contributed by atoms with E-state index in [9.17, 15) is 0 Å². The summed E-state index contributed by atoms with van der Waals surface area (Å²) < 4.78 is 2.03. The van der Waals surface area contributed by atoms with Crippen molar-refractivity contribution in [2.75, 3.05) is 5.32 Å². The maximum Gasteiger partial charge on any atom is 0.140 e. The highest BCUT2D eigenvalue weighted by atomic mass is 35.5. The van der Waals surface area contributed by atoms with Gasteiger partial charge in [-0.05, 0) is 36.8 Å². The molecule has 1 aromatic carbocycles. The van der Waals surface area contributed by atoms with Gasteiger partial charge in [0, 0.05) is 24.0 Å². The van der Waals surface area contributed by atoms with Gasteiger partial charge in [-0.25, -0.2) is 9.97 Å². The number of nitrogens with one attached hydrogen (secondary N) is 2. The Hall–Kier alpha value is -2.79. The zero-order valence-electron chi connectivity index (χ0n) is 13.1. The zero-order chi connectivity index (χ0) is 16.5. The van der Waals surface area contributed by atoms with Crippen LogP contribution < -0.4 is 5.32 Å². The fourth-order valence-corrected chi connectivity index (χ4v) is 2.93.